The smallest absolute Gasteiger partial charge is 0.407 e. The summed E-state index contributed by atoms with van der Waals surface area (Å²) in [6, 6.07) is 16.4. The van der Waals surface area contributed by atoms with Gasteiger partial charge in [0.25, 0.3) is 5.91 Å². The van der Waals surface area contributed by atoms with E-state index >= 15 is 0 Å². The van der Waals surface area contributed by atoms with Crippen LogP contribution < -0.4 is 10.1 Å². The van der Waals surface area contributed by atoms with E-state index in [4.69, 9.17) is 9.47 Å². The van der Waals surface area contributed by atoms with Crippen molar-refractivity contribution in [1.82, 2.24) is 10.2 Å². The lowest BCUT2D eigenvalue weighted by atomic mass is 10.2. The van der Waals surface area contributed by atoms with E-state index in [1.165, 1.54) is 4.90 Å². The zero-order valence-electron chi connectivity index (χ0n) is 14.4. The van der Waals surface area contributed by atoms with Crippen LogP contribution in [0, 0.1) is 0 Å². The summed E-state index contributed by atoms with van der Waals surface area (Å²) in [6.07, 6.45) is -0.496. The number of amides is 2. The highest BCUT2D eigenvalue weighted by atomic mass is 16.5. The number of nitrogens with zero attached hydrogens (tertiary/aromatic N) is 1. The second-order valence-corrected chi connectivity index (χ2v) is 5.56. The van der Waals surface area contributed by atoms with E-state index in [0.29, 0.717) is 17.9 Å². The van der Waals surface area contributed by atoms with Gasteiger partial charge in [-0.1, -0.05) is 36.4 Å². The van der Waals surface area contributed by atoms with Crippen molar-refractivity contribution in [3.8, 4) is 5.75 Å². The molecule has 0 heterocycles. The Morgan fingerprint density at radius 3 is 2.52 bits per heavy atom. The normalized spacial score (nSPS) is 10.0. The van der Waals surface area contributed by atoms with Crippen LogP contribution in [0.25, 0.3) is 0 Å². The molecular formula is C19H22N2O4. The number of ether oxygens (including phenoxy) is 2. The Labute approximate surface area is 147 Å². The fourth-order valence-corrected chi connectivity index (χ4v) is 2.07. The Hall–Kier alpha value is -3.02. The lowest BCUT2D eigenvalue weighted by Crippen LogP contribution is -2.28. The van der Waals surface area contributed by atoms with Gasteiger partial charge in [0, 0.05) is 19.7 Å². The highest BCUT2D eigenvalue weighted by Gasteiger charge is 2.08. The monoisotopic (exact) mass is 342 g/mol. The molecule has 0 fully saturated rings. The molecule has 1 N–H and O–H groups in total. The molecule has 0 aliphatic rings. The second kappa shape index (κ2) is 9.32. The summed E-state index contributed by atoms with van der Waals surface area (Å²) in [7, 11) is 3.39. The van der Waals surface area contributed by atoms with Crippen molar-refractivity contribution >= 4 is 12.0 Å². The summed E-state index contributed by atoms with van der Waals surface area (Å²) >= 11 is 0. The minimum atomic E-state index is -0.496. The molecule has 0 aromatic heterocycles. The van der Waals surface area contributed by atoms with Gasteiger partial charge >= 0.3 is 6.09 Å². The number of rotatable bonds is 7. The molecular weight excluding hydrogens is 320 g/mol. The van der Waals surface area contributed by atoms with Gasteiger partial charge in [-0.3, -0.25) is 4.79 Å². The Kier molecular flexibility index (Phi) is 6.83. The van der Waals surface area contributed by atoms with E-state index in [2.05, 4.69) is 5.32 Å². The molecule has 6 nitrogen and oxygen atoms in total. The van der Waals surface area contributed by atoms with Gasteiger partial charge < -0.3 is 19.7 Å². The third kappa shape index (κ3) is 6.18. The zero-order valence-corrected chi connectivity index (χ0v) is 14.4. The van der Waals surface area contributed by atoms with E-state index in [1.54, 1.807) is 38.4 Å². The van der Waals surface area contributed by atoms with Crippen LogP contribution in [0.4, 0.5) is 4.79 Å². The van der Waals surface area contributed by atoms with Crippen molar-refractivity contribution < 1.29 is 19.1 Å². The summed E-state index contributed by atoms with van der Waals surface area (Å²) < 4.78 is 10.7. The van der Waals surface area contributed by atoms with E-state index in [0.717, 1.165) is 5.56 Å². The van der Waals surface area contributed by atoms with Crippen LogP contribution in [0.1, 0.15) is 15.9 Å². The third-order valence-corrected chi connectivity index (χ3v) is 3.34. The first-order chi connectivity index (χ1) is 12.1. The summed E-state index contributed by atoms with van der Waals surface area (Å²) in [5, 5.41) is 2.62. The Balaban J connectivity index is 1.69. The van der Waals surface area contributed by atoms with E-state index < -0.39 is 6.09 Å². The van der Waals surface area contributed by atoms with Gasteiger partial charge in [-0.05, 0) is 23.8 Å². The van der Waals surface area contributed by atoms with Crippen molar-refractivity contribution in [1.29, 1.82) is 0 Å². The molecule has 2 rings (SSSR count). The number of hydrogen-bond donors (Lipinski definition) is 1. The molecule has 0 saturated carbocycles. The number of carbonyl (C=O) groups is 2. The molecule has 6 heteroatoms. The van der Waals surface area contributed by atoms with E-state index in [9.17, 15) is 9.59 Å². The maximum absolute atomic E-state index is 11.9. The Bertz CT molecular complexity index is 702. The fourth-order valence-electron chi connectivity index (χ4n) is 2.07. The average molecular weight is 342 g/mol. The first kappa shape index (κ1) is 18.3. The highest BCUT2D eigenvalue weighted by molar-refractivity contribution is 5.94. The van der Waals surface area contributed by atoms with Gasteiger partial charge in [0.2, 0.25) is 0 Å². The second-order valence-electron chi connectivity index (χ2n) is 5.56. The summed E-state index contributed by atoms with van der Waals surface area (Å²) in [4.78, 5) is 25.0. The molecule has 0 bridgehead atoms. The van der Waals surface area contributed by atoms with Gasteiger partial charge in [-0.15, -0.1) is 0 Å². The number of benzene rings is 2. The molecule has 132 valence electrons. The van der Waals surface area contributed by atoms with Crippen LogP contribution >= 0.6 is 0 Å². The lowest BCUT2D eigenvalue weighted by Gasteiger charge is -2.12. The van der Waals surface area contributed by atoms with E-state index in [1.807, 2.05) is 30.3 Å². The van der Waals surface area contributed by atoms with Crippen LogP contribution in [0.5, 0.6) is 5.75 Å². The van der Waals surface area contributed by atoms with Crippen LogP contribution in [0.2, 0.25) is 0 Å². The fraction of sp³-hybridized carbons (Fsp3) is 0.263. The minimum absolute atomic E-state index is 0.0898. The molecule has 2 aromatic rings. The zero-order chi connectivity index (χ0) is 18.1. The maximum atomic E-state index is 11.9. The van der Waals surface area contributed by atoms with Crippen molar-refractivity contribution in [3.63, 3.8) is 0 Å². The first-order valence-electron chi connectivity index (χ1n) is 7.95. The average Bonchev–Trinajstić information content (AvgIpc) is 2.64. The van der Waals surface area contributed by atoms with Crippen LogP contribution in [0.15, 0.2) is 54.6 Å². The molecule has 0 aliphatic heterocycles. The van der Waals surface area contributed by atoms with Crippen molar-refractivity contribution in [3.05, 3.63) is 65.7 Å². The van der Waals surface area contributed by atoms with Crippen molar-refractivity contribution in [2.45, 2.75) is 6.61 Å². The number of nitrogens with one attached hydrogen (secondary N) is 1. The lowest BCUT2D eigenvalue weighted by molar-refractivity contribution is 0.0827. The minimum Gasteiger partial charge on any atom is -0.492 e. The molecule has 2 aromatic carbocycles. The van der Waals surface area contributed by atoms with Gasteiger partial charge in [0.15, 0.2) is 0 Å². The van der Waals surface area contributed by atoms with Gasteiger partial charge in [0.05, 0.1) is 6.54 Å². The van der Waals surface area contributed by atoms with Crippen molar-refractivity contribution in [2.24, 2.45) is 0 Å². The third-order valence-electron chi connectivity index (χ3n) is 3.34. The molecule has 0 spiro atoms. The van der Waals surface area contributed by atoms with Gasteiger partial charge in [0.1, 0.15) is 19.0 Å². The summed E-state index contributed by atoms with van der Waals surface area (Å²) in [5.41, 5.74) is 1.48. The number of hydrogen-bond acceptors (Lipinski definition) is 4. The molecule has 25 heavy (non-hydrogen) atoms. The predicted octanol–water partition coefficient (Wildman–Crippen LogP) is 2.69. The van der Waals surface area contributed by atoms with Gasteiger partial charge in [-0.2, -0.15) is 0 Å². The van der Waals surface area contributed by atoms with E-state index in [-0.39, 0.29) is 19.1 Å². The highest BCUT2D eigenvalue weighted by Crippen LogP contribution is 2.14. The van der Waals surface area contributed by atoms with Crippen LogP contribution in [-0.2, 0) is 11.3 Å². The van der Waals surface area contributed by atoms with Crippen LogP contribution in [0.3, 0.4) is 0 Å². The SMILES string of the molecule is CN(C)C(=O)c1cccc(OCCNC(=O)OCc2ccccc2)c1. The Morgan fingerprint density at radius 2 is 1.80 bits per heavy atom. The molecule has 2 amide bonds. The van der Waals surface area contributed by atoms with Crippen LogP contribution in [-0.4, -0.2) is 44.1 Å². The standard InChI is InChI=1S/C19H22N2O4/c1-21(2)18(22)16-9-6-10-17(13-16)24-12-11-20-19(23)25-14-15-7-4-3-5-8-15/h3-10,13H,11-12,14H2,1-2H3,(H,20,23). The largest absolute Gasteiger partial charge is 0.492 e. The van der Waals surface area contributed by atoms with Gasteiger partial charge in [-0.25, -0.2) is 4.79 Å². The molecule has 0 saturated heterocycles. The number of alkyl carbamates (subject to hydrolysis) is 1. The topological polar surface area (TPSA) is 67.9 Å². The molecule has 0 radical (unpaired) electrons. The molecule has 0 aliphatic carbocycles. The summed E-state index contributed by atoms with van der Waals surface area (Å²) in [5.74, 6) is 0.486. The quantitative estimate of drug-likeness (QED) is 0.786. The number of carbonyl (C=O) groups excluding carboxylic acids is 2. The Morgan fingerprint density at radius 1 is 1.04 bits per heavy atom. The predicted molar refractivity (Wildman–Crippen MR) is 94.6 cm³/mol. The van der Waals surface area contributed by atoms with Crippen molar-refractivity contribution in [2.75, 3.05) is 27.2 Å². The maximum Gasteiger partial charge on any atom is 0.407 e. The summed E-state index contributed by atoms with van der Waals surface area (Å²) in [6.45, 7) is 0.807. The molecule has 0 unspecified atom stereocenters. The molecule has 0 atom stereocenters. The first-order valence-corrected chi connectivity index (χ1v) is 7.95.